The topological polar surface area (TPSA) is 99.2 Å². The van der Waals surface area contributed by atoms with Crippen LogP contribution in [0.15, 0.2) is 54.6 Å². The van der Waals surface area contributed by atoms with Gasteiger partial charge in [0.05, 0.1) is 5.92 Å². The molecule has 0 aliphatic carbocycles. The lowest BCUT2D eigenvalue weighted by molar-refractivity contribution is -0.122. The van der Waals surface area contributed by atoms with E-state index in [4.69, 9.17) is 0 Å². The zero-order valence-electron chi connectivity index (χ0n) is 18.5. The lowest BCUT2D eigenvalue weighted by atomic mass is 9.97. The highest BCUT2D eigenvalue weighted by Crippen LogP contribution is 2.34. The van der Waals surface area contributed by atoms with Gasteiger partial charge < -0.3 is 20.9 Å². The molecule has 8 nitrogen and oxygen atoms in total. The van der Waals surface area contributed by atoms with Crippen molar-refractivity contribution in [2.45, 2.75) is 32.1 Å². The molecule has 33 heavy (non-hydrogen) atoms. The molecule has 2 aromatic carbocycles. The normalized spacial score (nSPS) is 16.9. The van der Waals surface area contributed by atoms with E-state index >= 15 is 0 Å². The fraction of sp³-hybridized carbons (Fsp3) is 0.280. The number of fused-ring (bicyclic) bond motifs is 1. The first-order chi connectivity index (χ1) is 16.0. The minimum Gasteiger partial charge on any atom is -0.341 e. The number of hydrogen-bond donors (Lipinski definition) is 3. The van der Waals surface area contributed by atoms with Gasteiger partial charge in [-0.1, -0.05) is 18.2 Å². The number of aromatic nitrogens is 2. The lowest BCUT2D eigenvalue weighted by Crippen LogP contribution is -2.21. The van der Waals surface area contributed by atoms with Crippen molar-refractivity contribution in [2.24, 2.45) is 0 Å². The summed E-state index contributed by atoms with van der Waals surface area (Å²) in [5, 5.41) is 9.04. The first-order valence-corrected chi connectivity index (χ1v) is 11.2. The van der Waals surface area contributed by atoms with Crippen molar-refractivity contribution in [3.8, 4) is 0 Å². The van der Waals surface area contributed by atoms with Crippen molar-refractivity contribution < 1.29 is 9.59 Å². The number of benzene rings is 2. The number of amides is 2. The maximum Gasteiger partial charge on any atom is 0.232 e. The van der Waals surface area contributed by atoms with Crippen molar-refractivity contribution >= 4 is 40.6 Å². The summed E-state index contributed by atoms with van der Waals surface area (Å²) in [4.78, 5) is 36.3. The summed E-state index contributed by atoms with van der Waals surface area (Å²) in [7, 11) is 0. The zero-order chi connectivity index (χ0) is 22.8. The van der Waals surface area contributed by atoms with Gasteiger partial charge in [-0.25, -0.2) is 4.98 Å². The predicted molar refractivity (Wildman–Crippen MR) is 129 cm³/mol. The molecule has 2 amide bonds. The molecular weight excluding hydrogens is 416 g/mol. The Morgan fingerprint density at radius 1 is 1.06 bits per heavy atom. The van der Waals surface area contributed by atoms with E-state index < -0.39 is 5.92 Å². The highest BCUT2D eigenvalue weighted by atomic mass is 16.2. The van der Waals surface area contributed by atoms with Gasteiger partial charge in [-0.15, -0.1) is 0 Å². The van der Waals surface area contributed by atoms with Crippen LogP contribution in [0.25, 0.3) is 0 Å². The Morgan fingerprint density at radius 2 is 1.79 bits per heavy atom. The molecule has 0 radical (unpaired) electrons. The van der Waals surface area contributed by atoms with Crippen molar-refractivity contribution in [1.29, 1.82) is 0 Å². The van der Waals surface area contributed by atoms with Crippen molar-refractivity contribution in [3.05, 3.63) is 65.9 Å². The summed E-state index contributed by atoms with van der Waals surface area (Å²) in [6.07, 6.45) is 2.44. The summed E-state index contributed by atoms with van der Waals surface area (Å²) >= 11 is 0. The molecule has 1 atom stereocenters. The number of rotatable bonds is 6. The van der Waals surface area contributed by atoms with Crippen LogP contribution in [0.4, 0.5) is 28.8 Å². The summed E-state index contributed by atoms with van der Waals surface area (Å²) in [6.45, 7) is 3.95. The second-order valence-corrected chi connectivity index (χ2v) is 8.47. The standard InChI is InChI=1S/C25H26N6O2/c1-16-14-22(30-25(26-16)31-12-4-5-13-31)27-17-8-10-18(11-9-17)28-23(32)15-20-19-6-2-3-7-21(19)29-24(20)33/h2-3,6-11,14,20H,4-5,12-13,15H2,1H3,(H,28,32)(H,29,33)(H,26,27,30). The van der Waals surface area contributed by atoms with Gasteiger partial charge in [0.2, 0.25) is 17.8 Å². The van der Waals surface area contributed by atoms with Gasteiger partial charge in [0.25, 0.3) is 0 Å². The summed E-state index contributed by atoms with van der Waals surface area (Å²) in [5.41, 5.74) is 4.10. The summed E-state index contributed by atoms with van der Waals surface area (Å²) < 4.78 is 0. The molecular formula is C25H26N6O2. The minimum atomic E-state index is -0.465. The molecule has 0 spiro atoms. The third-order valence-electron chi connectivity index (χ3n) is 5.97. The quantitative estimate of drug-likeness (QED) is 0.529. The molecule has 8 heteroatoms. The van der Waals surface area contributed by atoms with Gasteiger partial charge in [0.15, 0.2) is 0 Å². The molecule has 1 fully saturated rings. The fourth-order valence-electron chi connectivity index (χ4n) is 4.34. The number of hydrogen-bond acceptors (Lipinski definition) is 6. The Kier molecular flexibility index (Phi) is 5.64. The van der Waals surface area contributed by atoms with Crippen LogP contribution in [-0.2, 0) is 9.59 Å². The predicted octanol–water partition coefficient (Wildman–Crippen LogP) is 4.19. The highest BCUT2D eigenvalue weighted by molar-refractivity contribution is 6.06. The minimum absolute atomic E-state index is 0.0995. The van der Waals surface area contributed by atoms with E-state index in [9.17, 15) is 9.59 Å². The van der Waals surface area contributed by atoms with E-state index in [1.54, 1.807) is 0 Å². The first kappa shape index (κ1) is 20.9. The SMILES string of the molecule is Cc1cc(Nc2ccc(NC(=O)CC3C(=O)Nc4ccccc43)cc2)nc(N2CCCC2)n1. The zero-order valence-corrected chi connectivity index (χ0v) is 18.5. The first-order valence-electron chi connectivity index (χ1n) is 11.2. The molecule has 3 N–H and O–H groups in total. The molecule has 3 heterocycles. The Hall–Kier alpha value is -3.94. The van der Waals surface area contributed by atoms with E-state index in [0.29, 0.717) is 5.69 Å². The molecule has 2 aliphatic rings. The molecule has 0 bridgehead atoms. The van der Waals surface area contributed by atoms with Crippen molar-refractivity contribution in [3.63, 3.8) is 0 Å². The lowest BCUT2D eigenvalue weighted by Gasteiger charge is -2.17. The van der Waals surface area contributed by atoms with Crippen LogP contribution in [0.1, 0.15) is 36.4 Å². The molecule has 1 unspecified atom stereocenters. The number of nitrogens with zero attached hydrogens (tertiary/aromatic N) is 3. The maximum atomic E-state index is 12.6. The monoisotopic (exact) mass is 442 g/mol. The van der Waals surface area contributed by atoms with Gasteiger partial charge in [0.1, 0.15) is 5.82 Å². The third-order valence-corrected chi connectivity index (χ3v) is 5.97. The molecule has 1 aromatic heterocycles. The fourth-order valence-corrected chi connectivity index (χ4v) is 4.34. The number of nitrogens with one attached hydrogen (secondary N) is 3. The number of carbonyl (C=O) groups is 2. The number of carbonyl (C=O) groups excluding carboxylic acids is 2. The van der Waals surface area contributed by atoms with Gasteiger partial charge in [0, 0.05) is 48.3 Å². The Morgan fingerprint density at radius 3 is 2.58 bits per heavy atom. The highest BCUT2D eigenvalue weighted by Gasteiger charge is 2.31. The van der Waals surface area contributed by atoms with Crippen LogP contribution in [-0.4, -0.2) is 34.9 Å². The number of para-hydroxylation sites is 1. The van der Waals surface area contributed by atoms with E-state index in [1.807, 2.05) is 61.5 Å². The van der Waals surface area contributed by atoms with Crippen LogP contribution in [0, 0.1) is 6.92 Å². The maximum absolute atomic E-state index is 12.6. The van der Waals surface area contributed by atoms with Crippen LogP contribution in [0.3, 0.4) is 0 Å². The average Bonchev–Trinajstić information content (AvgIpc) is 3.44. The van der Waals surface area contributed by atoms with Crippen LogP contribution in [0.5, 0.6) is 0 Å². The largest absolute Gasteiger partial charge is 0.341 e. The molecule has 1 saturated heterocycles. The van der Waals surface area contributed by atoms with E-state index in [2.05, 4.69) is 30.8 Å². The molecule has 168 valence electrons. The van der Waals surface area contributed by atoms with Crippen LogP contribution < -0.4 is 20.9 Å². The summed E-state index contributed by atoms with van der Waals surface area (Å²) in [6, 6.07) is 16.8. The van der Waals surface area contributed by atoms with Gasteiger partial charge in [-0.3, -0.25) is 9.59 Å². The van der Waals surface area contributed by atoms with Crippen LogP contribution in [0.2, 0.25) is 0 Å². The van der Waals surface area contributed by atoms with E-state index in [1.165, 1.54) is 12.8 Å². The van der Waals surface area contributed by atoms with Crippen molar-refractivity contribution in [2.75, 3.05) is 33.9 Å². The van der Waals surface area contributed by atoms with Gasteiger partial charge >= 0.3 is 0 Å². The second kappa shape index (κ2) is 8.90. The smallest absolute Gasteiger partial charge is 0.232 e. The second-order valence-electron chi connectivity index (χ2n) is 8.47. The summed E-state index contributed by atoms with van der Waals surface area (Å²) in [5.74, 6) is 0.699. The molecule has 2 aliphatic heterocycles. The molecule has 3 aromatic rings. The van der Waals surface area contributed by atoms with Gasteiger partial charge in [-0.2, -0.15) is 4.98 Å². The van der Waals surface area contributed by atoms with Gasteiger partial charge in [-0.05, 0) is 55.7 Å². The van der Waals surface area contributed by atoms with Crippen LogP contribution >= 0.6 is 0 Å². The third kappa shape index (κ3) is 4.64. The Balaban J connectivity index is 1.21. The molecule has 5 rings (SSSR count). The average molecular weight is 443 g/mol. The number of aryl methyl sites for hydroxylation is 1. The van der Waals surface area contributed by atoms with Crippen molar-refractivity contribution in [1.82, 2.24) is 9.97 Å². The van der Waals surface area contributed by atoms with E-state index in [0.717, 1.165) is 47.5 Å². The number of anilines is 5. The molecule has 0 saturated carbocycles. The Labute approximate surface area is 192 Å². The van der Waals surface area contributed by atoms with E-state index in [-0.39, 0.29) is 18.2 Å². The Bertz CT molecular complexity index is 1190.